The summed E-state index contributed by atoms with van der Waals surface area (Å²) in [6.45, 7) is 4.68. The molecular weight excluding hydrogens is 274 g/mol. The molecule has 19 heavy (non-hydrogen) atoms. The van der Waals surface area contributed by atoms with Gasteiger partial charge in [0, 0.05) is 33.1 Å². The molecule has 0 radical (unpaired) electrons. The van der Waals surface area contributed by atoms with Gasteiger partial charge in [-0.25, -0.2) is 0 Å². The lowest BCUT2D eigenvalue weighted by molar-refractivity contribution is -0.389. The minimum atomic E-state index is -0.557. The van der Waals surface area contributed by atoms with E-state index in [1.807, 2.05) is 0 Å². The molecule has 8 nitrogen and oxygen atoms in total. The Balaban J connectivity index is 0.00000180. The number of halogens is 1. The summed E-state index contributed by atoms with van der Waals surface area (Å²) in [5.41, 5.74) is 0. The summed E-state index contributed by atoms with van der Waals surface area (Å²) in [5, 5.41) is 13.7. The molecular formula is C10H16ClN5O3. The number of aryl methyl sites for hydroxylation is 1. The molecule has 9 heteroatoms. The van der Waals surface area contributed by atoms with Gasteiger partial charge in [-0.15, -0.1) is 12.4 Å². The first-order valence-electron chi connectivity index (χ1n) is 5.74. The van der Waals surface area contributed by atoms with Crippen LogP contribution in [0.1, 0.15) is 5.82 Å². The van der Waals surface area contributed by atoms with Gasteiger partial charge >= 0.3 is 5.82 Å². The Morgan fingerprint density at radius 3 is 2.68 bits per heavy atom. The van der Waals surface area contributed by atoms with E-state index in [4.69, 9.17) is 0 Å². The highest BCUT2D eigenvalue weighted by molar-refractivity contribution is 5.85. The zero-order valence-electron chi connectivity index (χ0n) is 10.5. The average molecular weight is 290 g/mol. The van der Waals surface area contributed by atoms with E-state index >= 15 is 0 Å². The second-order valence-corrected chi connectivity index (χ2v) is 4.16. The van der Waals surface area contributed by atoms with E-state index < -0.39 is 4.92 Å². The summed E-state index contributed by atoms with van der Waals surface area (Å²) in [6, 6.07) is 0. The number of rotatable bonds is 3. The summed E-state index contributed by atoms with van der Waals surface area (Å²) in [4.78, 5) is 27.5. The quantitative estimate of drug-likeness (QED) is 0.622. The first-order valence-corrected chi connectivity index (χ1v) is 5.74. The van der Waals surface area contributed by atoms with Gasteiger partial charge in [-0.05, 0) is 9.91 Å². The van der Waals surface area contributed by atoms with E-state index in [1.165, 1.54) is 10.8 Å². The lowest BCUT2D eigenvalue weighted by Gasteiger charge is -2.27. The van der Waals surface area contributed by atoms with Gasteiger partial charge in [0.1, 0.15) is 12.7 Å². The third-order valence-corrected chi connectivity index (χ3v) is 2.93. The van der Waals surface area contributed by atoms with E-state index in [0.29, 0.717) is 18.9 Å². The zero-order chi connectivity index (χ0) is 13.1. The van der Waals surface area contributed by atoms with E-state index in [-0.39, 0.29) is 30.7 Å². The average Bonchev–Trinajstić information content (AvgIpc) is 2.72. The fourth-order valence-corrected chi connectivity index (χ4v) is 1.90. The second kappa shape index (κ2) is 6.48. The number of piperazine rings is 1. The van der Waals surface area contributed by atoms with Crippen LogP contribution in [0, 0.1) is 17.0 Å². The minimum absolute atomic E-state index is 0. The van der Waals surface area contributed by atoms with Crippen molar-refractivity contribution in [1.82, 2.24) is 19.8 Å². The third kappa shape index (κ3) is 3.65. The van der Waals surface area contributed by atoms with Crippen molar-refractivity contribution in [1.29, 1.82) is 0 Å². The molecule has 1 aromatic heterocycles. The number of nitro groups is 1. The Hall–Kier alpha value is -1.67. The van der Waals surface area contributed by atoms with Gasteiger partial charge in [-0.2, -0.15) is 0 Å². The molecule has 2 heterocycles. The van der Waals surface area contributed by atoms with Crippen LogP contribution in [0.25, 0.3) is 0 Å². The van der Waals surface area contributed by atoms with Crippen LogP contribution < -0.4 is 5.32 Å². The summed E-state index contributed by atoms with van der Waals surface area (Å²) < 4.78 is 1.52. The highest BCUT2D eigenvalue weighted by Crippen LogP contribution is 2.10. The lowest BCUT2D eigenvalue weighted by atomic mass is 10.3. The number of carbonyl (C=O) groups is 1. The number of imidazole rings is 1. The molecule has 1 fully saturated rings. The molecule has 1 amide bonds. The molecule has 1 N–H and O–H groups in total. The highest BCUT2D eigenvalue weighted by atomic mass is 35.5. The number of amides is 1. The van der Waals surface area contributed by atoms with Gasteiger partial charge in [0.25, 0.3) is 0 Å². The molecule has 0 saturated carbocycles. The highest BCUT2D eigenvalue weighted by Gasteiger charge is 2.20. The fraction of sp³-hybridized carbons (Fsp3) is 0.600. The molecule has 0 aliphatic carbocycles. The van der Waals surface area contributed by atoms with Gasteiger partial charge < -0.3 is 20.3 Å². The maximum Gasteiger partial charge on any atom is 0.381 e. The smallest absolute Gasteiger partial charge is 0.358 e. The van der Waals surface area contributed by atoms with Crippen LogP contribution >= 0.6 is 12.4 Å². The normalized spacial score (nSPS) is 14.9. The number of nitrogens with zero attached hydrogens (tertiary/aromatic N) is 4. The van der Waals surface area contributed by atoms with Crippen molar-refractivity contribution in [3.05, 3.63) is 22.1 Å². The summed E-state index contributed by atoms with van der Waals surface area (Å²) in [7, 11) is 0. The first-order chi connectivity index (χ1) is 8.58. The van der Waals surface area contributed by atoms with E-state index in [0.717, 1.165) is 13.1 Å². The van der Waals surface area contributed by atoms with Crippen LogP contribution in [0.4, 0.5) is 5.82 Å². The van der Waals surface area contributed by atoms with Crippen LogP contribution in [-0.4, -0.2) is 51.5 Å². The predicted octanol–water partition coefficient (Wildman–Crippen LogP) is -0.0467. The molecule has 1 aromatic rings. The summed E-state index contributed by atoms with van der Waals surface area (Å²) in [6.07, 6.45) is 1.30. The first kappa shape index (κ1) is 15.4. The van der Waals surface area contributed by atoms with Gasteiger partial charge in [0.15, 0.2) is 0 Å². The Labute approximate surface area is 116 Å². The summed E-state index contributed by atoms with van der Waals surface area (Å²) in [5.74, 6) is 0.220. The molecule has 1 aliphatic rings. The van der Waals surface area contributed by atoms with Crippen molar-refractivity contribution in [2.24, 2.45) is 0 Å². The SMILES string of the molecule is Cc1nc([N+](=O)[O-])cn1CC(=O)N1CCNCC1.Cl. The van der Waals surface area contributed by atoms with Gasteiger partial charge in [0.2, 0.25) is 11.7 Å². The van der Waals surface area contributed by atoms with Crippen molar-refractivity contribution in [3.8, 4) is 0 Å². The van der Waals surface area contributed by atoms with Crippen molar-refractivity contribution < 1.29 is 9.72 Å². The van der Waals surface area contributed by atoms with Crippen LogP contribution in [0.5, 0.6) is 0 Å². The maximum absolute atomic E-state index is 12.0. The van der Waals surface area contributed by atoms with Gasteiger partial charge in [-0.3, -0.25) is 9.36 Å². The van der Waals surface area contributed by atoms with Crippen LogP contribution in [0.2, 0.25) is 0 Å². The number of hydrogen-bond acceptors (Lipinski definition) is 5. The van der Waals surface area contributed by atoms with E-state index in [1.54, 1.807) is 11.8 Å². The molecule has 0 spiro atoms. The van der Waals surface area contributed by atoms with E-state index in [2.05, 4.69) is 10.3 Å². The van der Waals surface area contributed by atoms with Crippen molar-refractivity contribution in [2.75, 3.05) is 26.2 Å². The Morgan fingerprint density at radius 1 is 1.53 bits per heavy atom. The van der Waals surface area contributed by atoms with Crippen molar-refractivity contribution in [2.45, 2.75) is 13.5 Å². The second-order valence-electron chi connectivity index (χ2n) is 4.16. The van der Waals surface area contributed by atoms with Crippen LogP contribution in [0.15, 0.2) is 6.20 Å². The third-order valence-electron chi connectivity index (χ3n) is 2.93. The van der Waals surface area contributed by atoms with E-state index in [9.17, 15) is 14.9 Å². The molecule has 0 bridgehead atoms. The largest absolute Gasteiger partial charge is 0.381 e. The molecule has 0 atom stereocenters. The lowest BCUT2D eigenvalue weighted by Crippen LogP contribution is -2.47. The number of nitrogens with one attached hydrogen (secondary N) is 1. The van der Waals surface area contributed by atoms with Crippen molar-refractivity contribution in [3.63, 3.8) is 0 Å². The van der Waals surface area contributed by atoms with Gasteiger partial charge in [-0.1, -0.05) is 0 Å². The molecule has 1 aliphatic heterocycles. The number of hydrogen-bond donors (Lipinski definition) is 1. The molecule has 1 saturated heterocycles. The van der Waals surface area contributed by atoms with Crippen LogP contribution in [-0.2, 0) is 11.3 Å². The van der Waals surface area contributed by atoms with Crippen molar-refractivity contribution >= 4 is 24.1 Å². The Kier molecular flexibility index (Phi) is 5.25. The van der Waals surface area contributed by atoms with Gasteiger partial charge in [0.05, 0.1) is 0 Å². The predicted molar refractivity (Wildman–Crippen MR) is 70.3 cm³/mol. The minimum Gasteiger partial charge on any atom is -0.358 e. The Morgan fingerprint density at radius 2 is 2.16 bits per heavy atom. The zero-order valence-corrected chi connectivity index (χ0v) is 11.4. The van der Waals surface area contributed by atoms with Crippen LogP contribution in [0.3, 0.4) is 0 Å². The molecule has 2 rings (SSSR count). The molecule has 106 valence electrons. The number of carbonyl (C=O) groups excluding carboxylic acids is 1. The standard InChI is InChI=1S/C10H15N5O3.ClH/c1-8-12-9(15(17)18)6-14(8)7-10(16)13-4-2-11-3-5-13;/h6,11H,2-5,7H2,1H3;1H. The maximum atomic E-state index is 12.0. The molecule has 0 unspecified atom stereocenters. The summed E-state index contributed by atoms with van der Waals surface area (Å²) >= 11 is 0. The fourth-order valence-electron chi connectivity index (χ4n) is 1.90. The topological polar surface area (TPSA) is 93.3 Å². The number of aromatic nitrogens is 2. The monoisotopic (exact) mass is 289 g/mol. The molecule has 0 aromatic carbocycles. The Bertz CT molecular complexity index is 470.